The molecule has 0 unspecified atom stereocenters. The maximum atomic E-state index is 13.8. The number of alkyl halides is 9. The SMILES string of the molecule is COc1ccc(C(C)C)cc1-c1ccc(OC(F)(F)F)cc1CN(Cc1cc(C(F)(F)F)cc(C(F)(F)F)c1)c1ncc(OCCCC(=O)O)cn1.[NaH]. The van der Waals surface area contributed by atoms with Gasteiger partial charge in [-0.3, -0.25) is 4.79 Å². The van der Waals surface area contributed by atoms with Crippen LogP contribution in [0.1, 0.15) is 60.4 Å². The first kappa shape index (κ1) is 43.2. The number of halogens is 9. The summed E-state index contributed by atoms with van der Waals surface area (Å²) < 4.78 is 138. The summed E-state index contributed by atoms with van der Waals surface area (Å²) in [4.78, 5) is 20.3. The molecule has 8 nitrogen and oxygen atoms in total. The van der Waals surface area contributed by atoms with E-state index >= 15 is 0 Å². The molecule has 3 aromatic carbocycles. The van der Waals surface area contributed by atoms with Gasteiger partial charge in [-0.15, -0.1) is 13.2 Å². The van der Waals surface area contributed by atoms with Crippen molar-refractivity contribution < 1.29 is 63.6 Å². The Morgan fingerprint density at radius 3 is 1.96 bits per heavy atom. The first-order valence-corrected chi connectivity index (χ1v) is 15.5. The topological polar surface area (TPSA) is 94.0 Å². The fourth-order valence-corrected chi connectivity index (χ4v) is 5.15. The van der Waals surface area contributed by atoms with Crippen molar-refractivity contribution in [2.45, 2.75) is 64.4 Å². The van der Waals surface area contributed by atoms with Gasteiger partial charge < -0.3 is 24.2 Å². The molecular weight excluding hydrogens is 736 g/mol. The van der Waals surface area contributed by atoms with E-state index in [4.69, 9.17) is 14.6 Å². The molecule has 1 aromatic heterocycles. The molecule has 0 saturated heterocycles. The van der Waals surface area contributed by atoms with Crippen molar-refractivity contribution in [3.05, 3.63) is 94.8 Å². The summed E-state index contributed by atoms with van der Waals surface area (Å²) in [6, 6.07) is 9.69. The molecule has 18 heteroatoms. The van der Waals surface area contributed by atoms with Crippen LogP contribution in [0.5, 0.6) is 17.2 Å². The van der Waals surface area contributed by atoms with Crippen LogP contribution in [0, 0.1) is 0 Å². The molecule has 0 spiro atoms. The molecule has 53 heavy (non-hydrogen) atoms. The number of aromatic nitrogens is 2. The predicted molar refractivity (Wildman–Crippen MR) is 177 cm³/mol. The molecule has 0 saturated carbocycles. The van der Waals surface area contributed by atoms with Crippen molar-refractivity contribution >= 4 is 41.5 Å². The number of aliphatic carboxylic acids is 1. The third kappa shape index (κ3) is 12.4. The van der Waals surface area contributed by atoms with E-state index in [9.17, 15) is 44.3 Å². The number of rotatable bonds is 14. The summed E-state index contributed by atoms with van der Waals surface area (Å²) in [7, 11) is 1.38. The molecule has 0 aliphatic heterocycles. The molecule has 4 rings (SSSR count). The summed E-state index contributed by atoms with van der Waals surface area (Å²) in [5.41, 5.74) is -1.91. The minimum absolute atomic E-state index is 0. The van der Waals surface area contributed by atoms with E-state index < -0.39 is 60.2 Å². The minimum atomic E-state index is -5.15. The second-order valence-electron chi connectivity index (χ2n) is 11.8. The first-order valence-electron chi connectivity index (χ1n) is 15.5. The van der Waals surface area contributed by atoms with Crippen LogP contribution in [-0.4, -0.2) is 70.7 Å². The van der Waals surface area contributed by atoms with Crippen molar-refractivity contribution in [3.8, 4) is 28.4 Å². The number of hydrogen-bond donors (Lipinski definition) is 1. The van der Waals surface area contributed by atoms with Crippen LogP contribution in [0.4, 0.5) is 45.5 Å². The van der Waals surface area contributed by atoms with Crippen molar-refractivity contribution in [1.29, 1.82) is 0 Å². The van der Waals surface area contributed by atoms with Gasteiger partial charge in [0.1, 0.15) is 11.5 Å². The van der Waals surface area contributed by atoms with E-state index in [1.54, 1.807) is 18.2 Å². The molecule has 0 aliphatic carbocycles. The standard InChI is InChI=1S/C35H32F9N3O5.Na.H/c1-20(2)22-6-9-30(50-3)29(14-22)28-8-7-26(52-35(42,43)44)13-23(28)19-47(32-45-16-27(17-46-32)51-10-4-5-31(48)49)18-21-11-24(33(36,37)38)15-25(12-21)34(39,40)41;;/h6-9,11-17,20H,4-5,10,18-19H2,1-3H3,(H,48,49);;. The molecule has 1 heterocycles. The van der Waals surface area contributed by atoms with Gasteiger partial charge in [-0.25, -0.2) is 9.97 Å². The Morgan fingerprint density at radius 2 is 1.43 bits per heavy atom. The second kappa shape index (κ2) is 17.7. The zero-order chi connectivity index (χ0) is 38.4. The molecule has 4 aromatic rings. The Hall–Kier alpha value is -4.22. The zero-order valence-electron chi connectivity index (χ0n) is 27.8. The van der Waals surface area contributed by atoms with Crippen LogP contribution >= 0.6 is 0 Å². The van der Waals surface area contributed by atoms with Gasteiger partial charge in [0.2, 0.25) is 5.95 Å². The maximum absolute atomic E-state index is 13.8. The van der Waals surface area contributed by atoms with E-state index in [1.807, 2.05) is 13.8 Å². The number of carboxylic acid groups (broad SMARTS) is 1. The number of hydrogen-bond acceptors (Lipinski definition) is 7. The van der Waals surface area contributed by atoms with Crippen LogP contribution in [0.2, 0.25) is 0 Å². The fourth-order valence-electron chi connectivity index (χ4n) is 5.15. The average molecular weight is 770 g/mol. The Bertz CT molecular complexity index is 1820. The first-order chi connectivity index (χ1) is 24.2. The summed E-state index contributed by atoms with van der Waals surface area (Å²) in [5, 5.41) is 8.82. The van der Waals surface area contributed by atoms with Crippen molar-refractivity contribution in [2.75, 3.05) is 18.6 Å². The molecule has 0 amide bonds. The van der Waals surface area contributed by atoms with E-state index in [0.717, 1.165) is 30.1 Å². The van der Waals surface area contributed by atoms with Gasteiger partial charge in [-0.1, -0.05) is 26.0 Å². The molecule has 0 fully saturated rings. The molecule has 0 bridgehead atoms. The van der Waals surface area contributed by atoms with Gasteiger partial charge in [0.25, 0.3) is 0 Å². The summed E-state index contributed by atoms with van der Waals surface area (Å²) in [6.07, 6.45) is -13.1. The molecule has 282 valence electrons. The van der Waals surface area contributed by atoms with Crippen LogP contribution in [0.25, 0.3) is 11.1 Å². The molecule has 1 N–H and O–H groups in total. The monoisotopic (exact) mass is 769 g/mol. The number of carbonyl (C=O) groups is 1. The predicted octanol–water partition coefficient (Wildman–Crippen LogP) is 9.01. The van der Waals surface area contributed by atoms with Gasteiger partial charge in [-0.05, 0) is 77.1 Å². The molecular formula is C35H33F9N3NaO5. The van der Waals surface area contributed by atoms with E-state index in [2.05, 4.69) is 14.7 Å². The Labute approximate surface area is 320 Å². The molecule has 0 atom stereocenters. The van der Waals surface area contributed by atoms with Crippen LogP contribution in [0.15, 0.2) is 67.0 Å². The number of anilines is 1. The normalized spacial score (nSPS) is 11.9. The van der Waals surface area contributed by atoms with Gasteiger partial charge in [-0.2, -0.15) is 26.3 Å². The van der Waals surface area contributed by atoms with Gasteiger partial charge in [0.15, 0.2) is 5.75 Å². The quantitative estimate of drug-likeness (QED) is 0.0772. The number of ether oxygens (including phenoxy) is 3. The van der Waals surface area contributed by atoms with Crippen LogP contribution < -0.4 is 19.1 Å². The Balaban J connectivity index is 0.00000756. The van der Waals surface area contributed by atoms with E-state index in [-0.39, 0.29) is 78.3 Å². The number of methoxy groups -OCH3 is 1. The van der Waals surface area contributed by atoms with Gasteiger partial charge in [0, 0.05) is 25.1 Å². The summed E-state index contributed by atoms with van der Waals surface area (Å²) >= 11 is 0. The van der Waals surface area contributed by atoms with Crippen LogP contribution in [-0.2, 0) is 30.2 Å². The van der Waals surface area contributed by atoms with E-state index in [1.165, 1.54) is 18.1 Å². The molecule has 0 radical (unpaired) electrons. The summed E-state index contributed by atoms with van der Waals surface area (Å²) in [5.74, 6) is -1.51. The fraction of sp³-hybridized carbons (Fsp3) is 0.343. The van der Waals surface area contributed by atoms with Gasteiger partial charge >= 0.3 is 54.2 Å². The third-order valence-corrected chi connectivity index (χ3v) is 7.57. The number of benzene rings is 3. The van der Waals surface area contributed by atoms with Gasteiger partial charge in [0.05, 0.1) is 37.2 Å². The second-order valence-corrected chi connectivity index (χ2v) is 11.8. The zero-order valence-corrected chi connectivity index (χ0v) is 27.8. The summed E-state index contributed by atoms with van der Waals surface area (Å²) in [6.45, 7) is 2.68. The van der Waals surface area contributed by atoms with Crippen molar-refractivity contribution in [3.63, 3.8) is 0 Å². The average Bonchev–Trinajstić information content (AvgIpc) is 3.05. The molecule has 0 aliphatic rings. The Morgan fingerprint density at radius 1 is 0.811 bits per heavy atom. The number of nitrogens with zero attached hydrogens (tertiary/aromatic N) is 3. The number of carboxylic acids is 1. The van der Waals surface area contributed by atoms with Crippen molar-refractivity contribution in [2.24, 2.45) is 0 Å². The Kier molecular flexibility index (Phi) is 14.5. The van der Waals surface area contributed by atoms with E-state index in [0.29, 0.717) is 29.0 Å². The third-order valence-electron chi connectivity index (χ3n) is 7.57. The van der Waals surface area contributed by atoms with Crippen molar-refractivity contribution in [1.82, 2.24) is 9.97 Å². The van der Waals surface area contributed by atoms with Crippen LogP contribution in [0.3, 0.4) is 0 Å².